The van der Waals surface area contributed by atoms with Gasteiger partial charge in [0.05, 0.1) is 29.9 Å². The normalized spacial score (nSPS) is 19.9. The molecular formula is C31H37FN8. The van der Waals surface area contributed by atoms with E-state index in [9.17, 15) is 4.39 Å². The second-order valence-electron chi connectivity index (χ2n) is 11.2. The molecule has 1 saturated carbocycles. The molecule has 0 unspecified atom stereocenters. The predicted molar refractivity (Wildman–Crippen MR) is 157 cm³/mol. The van der Waals surface area contributed by atoms with Crippen LogP contribution in [0.2, 0.25) is 0 Å². The molecule has 0 atom stereocenters. The highest BCUT2D eigenvalue weighted by Crippen LogP contribution is 2.37. The largest absolute Gasteiger partial charge is 0.379 e. The van der Waals surface area contributed by atoms with Crippen LogP contribution in [-0.2, 0) is 6.54 Å². The Morgan fingerprint density at radius 3 is 2.75 bits per heavy atom. The molecule has 0 bridgehead atoms. The number of aromatic amines is 1. The number of aliphatic imine (C=N–C) groups is 1. The van der Waals surface area contributed by atoms with Crippen molar-refractivity contribution in [2.75, 3.05) is 37.7 Å². The van der Waals surface area contributed by atoms with Crippen molar-refractivity contribution >= 4 is 22.6 Å². The first-order chi connectivity index (χ1) is 19.7. The zero-order valence-electron chi connectivity index (χ0n) is 23.1. The Hall–Kier alpha value is -3.85. The Balaban J connectivity index is 1.21. The zero-order valence-corrected chi connectivity index (χ0v) is 23.1. The maximum Gasteiger partial charge on any atom is 0.162 e. The number of aromatic nitrogens is 2. The summed E-state index contributed by atoms with van der Waals surface area (Å²) in [6.07, 6.45) is 5.59. The maximum absolute atomic E-state index is 14.2. The first-order valence-corrected chi connectivity index (χ1v) is 14.7. The molecule has 7 rings (SSSR count). The van der Waals surface area contributed by atoms with Gasteiger partial charge in [-0.1, -0.05) is 25.5 Å². The minimum absolute atomic E-state index is 0.250. The number of H-pyrrole nitrogens is 1. The highest BCUT2D eigenvalue weighted by Gasteiger charge is 2.32. The van der Waals surface area contributed by atoms with Gasteiger partial charge in [-0.15, -0.1) is 0 Å². The third-order valence-corrected chi connectivity index (χ3v) is 8.68. The van der Waals surface area contributed by atoms with Crippen LogP contribution < -0.4 is 20.9 Å². The molecule has 3 aromatic rings. The molecule has 1 aromatic heterocycles. The number of nitrogens with zero attached hydrogens (tertiary/aromatic N) is 4. The molecule has 208 valence electrons. The van der Waals surface area contributed by atoms with Gasteiger partial charge < -0.3 is 30.7 Å². The summed E-state index contributed by atoms with van der Waals surface area (Å²) in [4.78, 5) is 18.2. The molecular weight excluding hydrogens is 503 g/mol. The van der Waals surface area contributed by atoms with Crippen LogP contribution >= 0.6 is 0 Å². The zero-order chi connectivity index (χ0) is 27.1. The summed E-state index contributed by atoms with van der Waals surface area (Å²) in [5, 5.41) is 10.8. The van der Waals surface area contributed by atoms with Gasteiger partial charge in [-0.3, -0.25) is 0 Å². The minimum Gasteiger partial charge on any atom is -0.379 e. The van der Waals surface area contributed by atoms with Gasteiger partial charge in [0, 0.05) is 44.0 Å². The third-order valence-electron chi connectivity index (χ3n) is 8.68. The van der Waals surface area contributed by atoms with E-state index in [0.717, 1.165) is 84.6 Å². The van der Waals surface area contributed by atoms with Gasteiger partial charge in [0.15, 0.2) is 5.84 Å². The lowest BCUT2D eigenvalue weighted by Crippen LogP contribution is -2.43. The Bertz CT molecular complexity index is 1510. The van der Waals surface area contributed by atoms with E-state index in [1.807, 2.05) is 6.07 Å². The van der Waals surface area contributed by atoms with Gasteiger partial charge in [0.1, 0.15) is 17.5 Å². The lowest BCUT2D eigenvalue weighted by molar-refractivity contribution is 0.293. The molecule has 0 spiro atoms. The number of hydrogen-bond acceptors (Lipinski definition) is 7. The highest BCUT2D eigenvalue weighted by atomic mass is 19.1. The van der Waals surface area contributed by atoms with Crippen LogP contribution in [0.25, 0.3) is 11.0 Å². The number of hydrogen-bond donors (Lipinski definition) is 4. The standard InChI is InChI=1S/C31H37FN8/c1-2-20-15-27(34-18-28-36-25-10-9-22(16-26(25)37-28)21-5-3-6-21)29-31(38-30(20)39-13-11-33-12-14-39)40(19-35-29)24-8-4-7-23(32)17-24/h4,7-10,16-17,21,33-35H,2-3,5-6,11-15,18-19H2,1H3,(H,36,37). The van der Waals surface area contributed by atoms with E-state index in [1.54, 1.807) is 12.1 Å². The summed E-state index contributed by atoms with van der Waals surface area (Å²) in [6.45, 7) is 7.05. The number of allylic oxidation sites excluding steroid dienone is 1. The van der Waals surface area contributed by atoms with Crippen LogP contribution in [0.15, 0.2) is 70.2 Å². The summed E-state index contributed by atoms with van der Waals surface area (Å²) in [5.41, 5.74) is 7.69. The molecule has 4 aliphatic rings. The third kappa shape index (κ3) is 4.72. The van der Waals surface area contributed by atoms with E-state index < -0.39 is 0 Å². The van der Waals surface area contributed by atoms with Gasteiger partial charge >= 0.3 is 0 Å². The van der Waals surface area contributed by atoms with Crippen molar-refractivity contribution in [3.05, 3.63) is 82.5 Å². The van der Waals surface area contributed by atoms with Crippen molar-refractivity contribution in [2.45, 2.75) is 51.5 Å². The number of nitrogens with one attached hydrogen (secondary N) is 4. The van der Waals surface area contributed by atoms with E-state index in [4.69, 9.17) is 9.98 Å². The van der Waals surface area contributed by atoms with Gasteiger partial charge in [-0.05, 0) is 66.6 Å². The van der Waals surface area contributed by atoms with Crippen LogP contribution in [-0.4, -0.2) is 53.6 Å². The number of piperazine rings is 1. The Morgan fingerprint density at radius 1 is 1.10 bits per heavy atom. The quantitative estimate of drug-likeness (QED) is 0.349. The summed E-state index contributed by atoms with van der Waals surface area (Å²) in [5.74, 6) is 3.25. The summed E-state index contributed by atoms with van der Waals surface area (Å²) in [7, 11) is 0. The number of benzene rings is 2. The fraction of sp³-hybridized carbons (Fsp3) is 0.419. The molecule has 0 radical (unpaired) electrons. The number of amidine groups is 1. The van der Waals surface area contributed by atoms with Gasteiger partial charge in [0.25, 0.3) is 0 Å². The maximum atomic E-state index is 14.2. The molecule has 8 nitrogen and oxygen atoms in total. The van der Waals surface area contributed by atoms with E-state index in [1.165, 1.54) is 36.5 Å². The van der Waals surface area contributed by atoms with E-state index >= 15 is 0 Å². The second-order valence-corrected chi connectivity index (χ2v) is 11.2. The van der Waals surface area contributed by atoms with Gasteiger partial charge in [-0.25, -0.2) is 14.4 Å². The second kappa shape index (κ2) is 10.6. The molecule has 1 aliphatic carbocycles. The Morgan fingerprint density at radius 2 is 1.98 bits per heavy atom. The molecule has 2 aromatic carbocycles. The lowest BCUT2D eigenvalue weighted by Gasteiger charge is -2.31. The molecule has 2 saturated heterocycles. The van der Waals surface area contributed by atoms with Crippen molar-refractivity contribution in [1.29, 1.82) is 0 Å². The smallest absolute Gasteiger partial charge is 0.162 e. The lowest BCUT2D eigenvalue weighted by atomic mass is 9.80. The van der Waals surface area contributed by atoms with E-state index in [0.29, 0.717) is 19.1 Å². The first-order valence-electron chi connectivity index (χ1n) is 14.7. The molecule has 0 amide bonds. The molecule has 3 aliphatic heterocycles. The van der Waals surface area contributed by atoms with Crippen molar-refractivity contribution in [3.8, 4) is 0 Å². The van der Waals surface area contributed by atoms with Crippen molar-refractivity contribution in [3.63, 3.8) is 0 Å². The van der Waals surface area contributed by atoms with Gasteiger partial charge in [-0.2, -0.15) is 0 Å². The number of halogens is 1. The van der Waals surface area contributed by atoms with E-state index in [-0.39, 0.29) is 5.82 Å². The monoisotopic (exact) mass is 540 g/mol. The van der Waals surface area contributed by atoms with Crippen LogP contribution in [0.3, 0.4) is 0 Å². The minimum atomic E-state index is -0.250. The molecule has 40 heavy (non-hydrogen) atoms. The molecule has 3 fully saturated rings. The number of anilines is 1. The van der Waals surface area contributed by atoms with Crippen molar-refractivity contribution in [2.24, 2.45) is 4.99 Å². The van der Waals surface area contributed by atoms with Crippen LogP contribution in [0.5, 0.6) is 0 Å². The Kier molecular flexibility index (Phi) is 6.67. The molecule has 9 heteroatoms. The topological polar surface area (TPSA) is 83.6 Å². The van der Waals surface area contributed by atoms with E-state index in [2.05, 4.69) is 55.9 Å². The molecule has 4 N–H and O–H groups in total. The van der Waals surface area contributed by atoms with Crippen molar-refractivity contribution in [1.82, 2.24) is 30.8 Å². The van der Waals surface area contributed by atoms with Crippen LogP contribution in [0.1, 0.15) is 56.3 Å². The average Bonchev–Trinajstić information content (AvgIpc) is 3.51. The predicted octanol–water partition coefficient (Wildman–Crippen LogP) is 4.67. The number of fused-ring (bicyclic) bond motifs is 2. The number of imidazole rings is 1. The van der Waals surface area contributed by atoms with Crippen LogP contribution in [0, 0.1) is 5.82 Å². The number of rotatable bonds is 7. The fourth-order valence-corrected chi connectivity index (χ4v) is 6.18. The van der Waals surface area contributed by atoms with Crippen molar-refractivity contribution < 1.29 is 4.39 Å². The fourth-order valence-electron chi connectivity index (χ4n) is 6.18. The average molecular weight is 541 g/mol. The Labute approximate surface area is 234 Å². The summed E-state index contributed by atoms with van der Waals surface area (Å²) in [6, 6.07) is 13.4. The van der Waals surface area contributed by atoms with Gasteiger partial charge in [0.2, 0.25) is 0 Å². The first kappa shape index (κ1) is 25.1. The highest BCUT2D eigenvalue weighted by molar-refractivity contribution is 6.12. The summed E-state index contributed by atoms with van der Waals surface area (Å²) >= 11 is 0. The summed E-state index contributed by atoms with van der Waals surface area (Å²) < 4.78 is 14.2. The SMILES string of the molecule is CCC1=C(N2CCNCC2)N=C2C(=C(NCc3nc4ccc(C5CCC5)cc4[nH]3)C1)NCN2c1cccc(F)c1. The molecule has 4 heterocycles. The van der Waals surface area contributed by atoms with Crippen LogP contribution in [0.4, 0.5) is 10.1 Å².